The highest BCUT2D eigenvalue weighted by Gasteiger charge is 2.13. The van der Waals surface area contributed by atoms with Crippen molar-refractivity contribution >= 4 is 19.0 Å². The van der Waals surface area contributed by atoms with Gasteiger partial charge in [-0.05, 0) is 11.9 Å². The summed E-state index contributed by atoms with van der Waals surface area (Å²) in [7, 11) is 3.41. The first-order valence-electron chi connectivity index (χ1n) is 3.88. The lowest BCUT2D eigenvalue weighted by Gasteiger charge is -2.11. The molecular formula is C8H11BNO2. The van der Waals surface area contributed by atoms with E-state index in [1.54, 1.807) is 6.08 Å². The predicted molar refractivity (Wildman–Crippen MR) is 48.8 cm³/mol. The monoisotopic (exact) mass is 164 g/mol. The fourth-order valence-corrected chi connectivity index (χ4v) is 0.986. The summed E-state index contributed by atoms with van der Waals surface area (Å²) in [5.74, 6) is -0.000732. The van der Waals surface area contributed by atoms with E-state index in [1.165, 1.54) is 7.11 Å². The number of carbonyl (C=O) groups is 1. The number of ether oxygens (including phenoxy) is 1. The highest BCUT2D eigenvalue weighted by molar-refractivity contribution is 6.42. The average Bonchev–Trinajstić information content (AvgIpc) is 2.17. The molecule has 4 heteroatoms. The zero-order chi connectivity index (χ0) is 8.97. The van der Waals surface area contributed by atoms with E-state index in [1.807, 2.05) is 20.2 Å². The molecule has 0 aromatic heterocycles. The van der Waals surface area contributed by atoms with E-state index in [0.717, 1.165) is 0 Å². The van der Waals surface area contributed by atoms with Crippen molar-refractivity contribution in [1.29, 1.82) is 0 Å². The van der Waals surface area contributed by atoms with Crippen LogP contribution in [-0.2, 0) is 9.53 Å². The summed E-state index contributed by atoms with van der Waals surface area (Å²) in [5.41, 5.74) is 0.413. The highest BCUT2D eigenvalue weighted by atomic mass is 16.5. The highest BCUT2D eigenvalue weighted by Crippen LogP contribution is 2.11. The lowest BCUT2D eigenvalue weighted by Crippen LogP contribution is -2.18. The molecule has 1 unspecified atom stereocenters. The third-order valence-corrected chi connectivity index (χ3v) is 1.80. The fraction of sp³-hybridized carbons (Fsp3) is 0.500. The van der Waals surface area contributed by atoms with Crippen LogP contribution in [0.25, 0.3) is 0 Å². The molecule has 0 amide bonds. The van der Waals surface area contributed by atoms with E-state index >= 15 is 0 Å². The molecule has 0 saturated carbocycles. The maximum absolute atomic E-state index is 10.9. The van der Waals surface area contributed by atoms with Gasteiger partial charge < -0.3 is 4.74 Å². The molecule has 0 bridgehead atoms. The first-order valence-corrected chi connectivity index (χ1v) is 3.88. The lowest BCUT2D eigenvalue weighted by atomic mass is 9.66. The van der Waals surface area contributed by atoms with Crippen molar-refractivity contribution in [3.63, 3.8) is 0 Å². The quantitative estimate of drug-likeness (QED) is 0.445. The zero-order valence-electron chi connectivity index (χ0n) is 7.28. The molecule has 1 radical (unpaired) electrons. The molecule has 0 aliphatic carbocycles. The number of nitrogens with zero attached hydrogens (tertiary/aromatic N) is 1. The van der Waals surface area contributed by atoms with Gasteiger partial charge >= 0.3 is 5.97 Å². The molecule has 12 heavy (non-hydrogen) atoms. The second-order valence-corrected chi connectivity index (χ2v) is 2.57. The van der Waals surface area contributed by atoms with E-state index in [9.17, 15) is 4.79 Å². The Morgan fingerprint density at radius 1 is 1.83 bits per heavy atom. The van der Waals surface area contributed by atoms with Crippen LogP contribution in [0, 0.1) is 0 Å². The maximum atomic E-state index is 10.9. The van der Waals surface area contributed by atoms with Gasteiger partial charge in [0, 0.05) is 6.54 Å². The average molecular weight is 164 g/mol. The Morgan fingerprint density at radius 2 is 2.58 bits per heavy atom. The van der Waals surface area contributed by atoms with Crippen molar-refractivity contribution in [1.82, 2.24) is 0 Å². The number of esters is 1. The van der Waals surface area contributed by atoms with Crippen LogP contribution in [0.15, 0.2) is 17.1 Å². The van der Waals surface area contributed by atoms with Crippen LogP contribution in [0.5, 0.6) is 0 Å². The Kier molecular flexibility index (Phi) is 3.08. The summed E-state index contributed by atoms with van der Waals surface area (Å²) in [6, 6.07) is 0. The number of dihydropyridines is 1. The number of carbonyl (C=O) groups excluding carboxylic acids is 1. The Bertz CT molecular complexity index is 235. The first kappa shape index (κ1) is 9.04. The molecule has 0 fully saturated rings. The van der Waals surface area contributed by atoms with Gasteiger partial charge in [0.25, 0.3) is 0 Å². The van der Waals surface area contributed by atoms with Gasteiger partial charge in [-0.2, -0.15) is 0 Å². The molecule has 1 rings (SSSR count). The van der Waals surface area contributed by atoms with Crippen molar-refractivity contribution < 1.29 is 9.53 Å². The maximum Gasteiger partial charge on any atom is 0.356 e. The fourth-order valence-electron chi connectivity index (χ4n) is 0.986. The van der Waals surface area contributed by atoms with E-state index in [4.69, 9.17) is 0 Å². The third-order valence-electron chi connectivity index (χ3n) is 1.80. The van der Waals surface area contributed by atoms with Crippen LogP contribution in [0.1, 0.15) is 0 Å². The van der Waals surface area contributed by atoms with Crippen molar-refractivity contribution in [3.05, 3.63) is 12.2 Å². The molecule has 0 spiro atoms. The SMILES string of the molecule is C[B]C1C=CC(C(=O)OC)=NC1. The van der Waals surface area contributed by atoms with Gasteiger partial charge in [-0.25, -0.2) is 4.79 Å². The standard InChI is InChI=1S/C8H11BNO2/c1-9-6-3-4-7(10-5-6)8(11)12-2/h3-4,6H,5H2,1-2H3. The van der Waals surface area contributed by atoms with Crippen LogP contribution in [0.3, 0.4) is 0 Å². The molecule has 63 valence electrons. The molecule has 1 heterocycles. The molecule has 1 aliphatic rings. The van der Waals surface area contributed by atoms with E-state index in [0.29, 0.717) is 18.1 Å². The van der Waals surface area contributed by atoms with E-state index in [-0.39, 0.29) is 5.97 Å². The Labute approximate surface area is 72.8 Å². The second-order valence-electron chi connectivity index (χ2n) is 2.57. The summed E-state index contributed by atoms with van der Waals surface area (Å²) >= 11 is 0. The summed E-state index contributed by atoms with van der Waals surface area (Å²) < 4.78 is 4.53. The van der Waals surface area contributed by atoms with Crippen molar-refractivity contribution in [2.45, 2.75) is 12.6 Å². The largest absolute Gasteiger partial charge is 0.464 e. The molecule has 1 atom stereocenters. The summed E-state index contributed by atoms with van der Waals surface area (Å²) in [6.45, 7) is 2.63. The Morgan fingerprint density at radius 3 is 3.00 bits per heavy atom. The number of methoxy groups -OCH3 is 1. The van der Waals surface area contributed by atoms with Crippen LogP contribution in [0.4, 0.5) is 0 Å². The summed E-state index contributed by atoms with van der Waals surface area (Å²) in [6.07, 6.45) is 3.67. The molecule has 3 nitrogen and oxygen atoms in total. The van der Waals surface area contributed by atoms with Gasteiger partial charge in [0.2, 0.25) is 0 Å². The van der Waals surface area contributed by atoms with Crippen molar-refractivity contribution in [2.75, 3.05) is 13.7 Å². The minimum absolute atomic E-state index is 0.360. The van der Waals surface area contributed by atoms with Crippen molar-refractivity contribution in [2.24, 2.45) is 4.99 Å². The number of hydrogen-bond donors (Lipinski definition) is 0. The Hall–Kier alpha value is -1.06. The first-order chi connectivity index (χ1) is 5.77. The lowest BCUT2D eigenvalue weighted by molar-refractivity contribution is -0.132. The minimum atomic E-state index is -0.360. The summed E-state index contributed by atoms with van der Waals surface area (Å²) in [4.78, 5) is 15.0. The van der Waals surface area contributed by atoms with Gasteiger partial charge in [0.05, 0.1) is 7.11 Å². The van der Waals surface area contributed by atoms with Crippen LogP contribution in [0.2, 0.25) is 12.6 Å². The van der Waals surface area contributed by atoms with Gasteiger partial charge in [-0.3, -0.25) is 4.99 Å². The molecule has 0 aromatic carbocycles. The van der Waals surface area contributed by atoms with Gasteiger partial charge in [-0.1, -0.05) is 12.9 Å². The third kappa shape index (κ3) is 1.97. The predicted octanol–water partition coefficient (Wildman–Crippen LogP) is 0.711. The van der Waals surface area contributed by atoms with Gasteiger partial charge in [0.15, 0.2) is 0 Å². The van der Waals surface area contributed by atoms with E-state index < -0.39 is 0 Å². The molecule has 0 saturated heterocycles. The smallest absolute Gasteiger partial charge is 0.356 e. The van der Waals surface area contributed by atoms with Crippen molar-refractivity contribution in [3.8, 4) is 0 Å². The van der Waals surface area contributed by atoms with Crippen LogP contribution >= 0.6 is 0 Å². The van der Waals surface area contributed by atoms with Gasteiger partial charge in [-0.15, -0.1) is 0 Å². The Balaban J connectivity index is 2.57. The van der Waals surface area contributed by atoms with Crippen LogP contribution < -0.4 is 0 Å². The molecule has 0 aromatic rings. The normalized spacial score (nSPS) is 21.5. The minimum Gasteiger partial charge on any atom is -0.464 e. The topological polar surface area (TPSA) is 38.7 Å². The molecule has 1 aliphatic heterocycles. The molecular weight excluding hydrogens is 153 g/mol. The van der Waals surface area contributed by atoms with Crippen LogP contribution in [-0.4, -0.2) is 32.6 Å². The zero-order valence-corrected chi connectivity index (χ0v) is 7.28. The number of hydrogen-bond acceptors (Lipinski definition) is 3. The van der Waals surface area contributed by atoms with E-state index in [2.05, 4.69) is 9.73 Å². The van der Waals surface area contributed by atoms with Gasteiger partial charge in [0.1, 0.15) is 13.0 Å². The number of rotatable bonds is 2. The second kappa shape index (κ2) is 4.09. The summed E-state index contributed by atoms with van der Waals surface area (Å²) in [5, 5.41) is 0. The number of aliphatic imine (C=N–C) groups is 1. The molecule has 0 N–H and O–H groups in total.